The van der Waals surface area contributed by atoms with Crippen LogP contribution < -0.4 is 11.5 Å². The van der Waals surface area contributed by atoms with Crippen LogP contribution in [-0.2, 0) is 16.0 Å². The molecule has 0 aliphatic heterocycles. The smallest absolute Gasteiger partial charge is 0.409 e. The summed E-state index contributed by atoms with van der Waals surface area (Å²) >= 11 is 11.8. The van der Waals surface area contributed by atoms with Crippen LogP contribution >= 0.6 is 23.2 Å². The summed E-state index contributed by atoms with van der Waals surface area (Å²) in [6, 6.07) is 1.15. The molecule has 0 saturated carbocycles. The third-order valence-corrected chi connectivity index (χ3v) is 4.87. The second-order valence-corrected chi connectivity index (χ2v) is 7.79. The number of anilines is 1. The number of amidine groups is 1. The molecule has 0 bridgehead atoms. The number of alkyl halides is 3. The van der Waals surface area contributed by atoms with Gasteiger partial charge in [0.2, 0.25) is 0 Å². The van der Waals surface area contributed by atoms with Gasteiger partial charge >= 0.3 is 6.18 Å². The maximum absolute atomic E-state index is 12.8. The van der Waals surface area contributed by atoms with Gasteiger partial charge in [-0.3, -0.25) is 0 Å². The van der Waals surface area contributed by atoms with Crippen molar-refractivity contribution in [3.05, 3.63) is 33.4 Å². The number of aromatic nitrogens is 2. The lowest BCUT2D eigenvalue weighted by Gasteiger charge is -2.13. The molecule has 1 aromatic heterocycles. The molecule has 142 valence electrons. The summed E-state index contributed by atoms with van der Waals surface area (Å²) in [6.07, 6.45) is -3.92. The Labute approximate surface area is 154 Å². The average molecular weight is 432 g/mol. The molecule has 0 amide bonds. The van der Waals surface area contributed by atoms with E-state index in [0.717, 1.165) is 6.26 Å². The quantitative estimate of drug-likeness (QED) is 0.295. The van der Waals surface area contributed by atoms with Crippen LogP contribution in [0.5, 0.6) is 0 Å². The van der Waals surface area contributed by atoms with Gasteiger partial charge in [-0.1, -0.05) is 28.4 Å². The third-order valence-electron chi connectivity index (χ3n) is 3.15. The first-order valence-corrected chi connectivity index (χ1v) is 9.06. The molecule has 8 nitrogen and oxygen atoms in total. The van der Waals surface area contributed by atoms with Gasteiger partial charge in [0.15, 0.2) is 21.4 Å². The molecule has 0 radical (unpaired) electrons. The number of nitrogens with zero attached hydrogens (tertiary/aromatic N) is 3. The van der Waals surface area contributed by atoms with Gasteiger partial charge in [0, 0.05) is 6.26 Å². The Morgan fingerprint density at radius 3 is 2.19 bits per heavy atom. The number of halogens is 5. The second kappa shape index (κ2) is 6.52. The van der Waals surface area contributed by atoms with E-state index in [1.807, 2.05) is 0 Å². The zero-order valence-electron chi connectivity index (χ0n) is 12.7. The van der Waals surface area contributed by atoms with Gasteiger partial charge in [-0.15, -0.1) is 0 Å². The van der Waals surface area contributed by atoms with E-state index in [2.05, 4.69) is 10.3 Å². The monoisotopic (exact) mass is 431 g/mol. The Balaban J connectivity index is 2.85. The molecule has 14 heteroatoms. The van der Waals surface area contributed by atoms with Gasteiger partial charge in [-0.25, -0.2) is 13.1 Å². The van der Waals surface area contributed by atoms with E-state index in [9.17, 15) is 21.6 Å². The Hall–Kier alpha value is -2.18. The Kier molecular flexibility index (Phi) is 5.05. The van der Waals surface area contributed by atoms with Gasteiger partial charge < -0.3 is 16.7 Å². The predicted molar refractivity (Wildman–Crippen MR) is 88.6 cm³/mol. The Morgan fingerprint density at radius 2 is 1.81 bits per heavy atom. The minimum Gasteiger partial charge on any atom is -0.409 e. The topological polar surface area (TPSA) is 137 Å². The van der Waals surface area contributed by atoms with Crippen LogP contribution in [0.4, 0.5) is 19.0 Å². The van der Waals surface area contributed by atoms with Crippen LogP contribution in [0.25, 0.3) is 5.69 Å². The first kappa shape index (κ1) is 20.1. The summed E-state index contributed by atoms with van der Waals surface area (Å²) in [5.74, 6) is -1.22. The van der Waals surface area contributed by atoms with Crippen molar-refractivity contribution in [1.82, 2.24) is 9.78 Å². The molecule has 2 rings (SSSR count). The fourth-order valence-electron chi connectivity index (χ4n) is 2.10. The maximum atomic E-state index is 12.8. The van der Waals surface area contributed by atoms with Crippen molar-refractivity contribution in [2.24, 2.45) is 10.9 Å². The predicted octanol–water partition coefficient (Wildman–Crippen LogP) is 2.28. The van der Waals surface area contributed by atoms with Crippen LogP contribution in [0.2, 0.25) is 10.0 Å². The minimum absolute atomic E-state index is 0.305. The van der Waals surface area contributed by atoms with Crippen molar-refractivity contribution in [3.63, 3.8) is 0 Å². The van der Waals surface area contributed by atoms with Gasteiger partial charge in [-0.2, -0.15) is 18.3 Å². The third kappa shape index (κ3) is 3.52. The number of nitrogens with two attached hydrogens (primary N) is 2. The minimum atomic E-state index is -4.71. The molecule has 1 heterocycles. The average Bonchev–Trinajstić information content (AvgIpc) is 2.82. The lowest BCUT2D eigenvalue weighted by Crippen LogP contribution is -2.17. The van der Waals surface area contributed by atoms with Crippen molar-refractivity contribution in [1.29, 1.82) is 0 Å². The highest BCUT2D eigenvalue weighted by atomic mass is 35.5. The molecule has 0 fully saturated rings. The molecule has 1 aromatic carbocycles. The molecule has 0 saturated heterocycles. The number of hydrogen-bond acceptors (Lipinski definition) is 6. The van der Waals surface area contributed by atoms with Crippen molar-refractivity contribution in [2.75, 3.05) is 12.0 Å². The van der Waals surface area contributed by atoms with Crippen LogP contribution in [0.1, 0.15) is 11.3 Å². The highest BCUT2D eigenvalue weighted by Gasteiger charge is 2.33. The standard InChI is InChI=1S/C12H10Cl2F3N5O3S/c1-26(24,25)9-7(10(18)21-23)20-22(11(9)19)8-5(13)2-4(3-6(8)14)12(15,16)17/h2-3,23H,19H2,1H3,(H2,18,21). The van der Waals surface area contributed by atoms with Crippen LogP contribution in [-0.4, -0.2) is 35.5 Å². The van der Waals surface area contributed by atoms with E-state index in [1.165, 1.54) is 0 Å². The first-order chi connectivity index (χ1) is 11.8. The fraction of sp³-hybridized carbons (Fsp3) is 0.167. The van der Waals surface area contributed by atoms with Crippen LogP contribution in [0.15, 0.2) is 22.2 Å². The Bertz CT molecular complexity index is 995. The lowest BCUT2D eigenvalue weighted by atomic mass is 10.2. The largest absolute Gasteiger partial charge is 0.416 e. The van der Waals surface area contributed by atoms with E-state index < -0.39 is 53.9 Å². The fourth-order valence-corrected chi connectivity index (χ4v) is 3.71. The van der Waals surface area contributed by atoms with Crippen LogP contribution in [0.3, 0.4) is 0 Å². The van der Waals surface area contributed by atoms with Crippen molar-refractivity contribution in [2.45, 2.75) is 11.1 Å². The van der Waals surface area contributed by atoms with E-state index in [4.69, 9.17) is 39.9 Å². The van der Waals surface area contributed by atoms with Crippen molar-refractivity contribution >= 4 is 44.7 Å². The number of sulfone groups is 1. The molecular weight excluding hydrogens is 422 g/mol. The highest BCUT2D eigenvalue weighted by molar-refractivity contribution is 7.91. The zero-order chi connectivity index (χ0) is 20.0. The molecule has 0 unspecified atom stereocenters. The van der Waals surface area contributed by atoms with Crippen molar-refractivity contribution in [3.8, 4) is 5.69 Å². The molecule has 2 aromatic rings. The highest BCUT2D eigenvalue weighted by Crippen LogP contribution is 2.39. The summed E-state index contributed by atoms with van der Waals surface area (Å²) in [5, 5.41) is 14.2. The Morgan fingerprint density at radius 1 is 1.31 bits per heavy atom. The molecule has 26 heavy (non-hydrogen) atoms. The van der Waals surface area contributed by atoms with Crippen LogP contribution in [0, 0.1) is 0 Å². The van der Waals surface area contributed by atoms with E-state index in [0.29, 0.717) is 16.8 Å². The lowest BCUT2D eigenvalue weighted by molar-refractivity contribution is -0.137. The summed E-state index contributed by atoms with van der Waals surface area (Å²) in [7, 11) is -4.01. The number of benzene rings is 1. The van der Waals surface area contributed by atoms with Crippen molar-refractivity contribution < 1.29 is 26.8 Å². The first-order valence-electron chi connectivity index (χ1n) is 6.42. The van der Waals surface area contributed by atoms with Gasteiger partial charge in [0.05, 0.1) is 15.6 Å². The summed E-state index contributed by atoms with van der Waals surface area (Å²) in [6.45, 7) is 0. The summed E-state index contributed by atoms with van der Waals surface area (Å²) < 4.78 is 63.1. The molecular formula is C12H10Cl2F3N5O3S. The van der Waals surface area contributed by atoms with E-state index in [-0.39, 0.29) is 5.69 Å². The number of nitrogen functional groups attached to an aromatic ring is 1. The van der Waals surface area contributed by atoms with E-state index in [1.54, 1.807) is 0 Å². The van der Waals surface area contributed by atoms with Gasteiger partial charge in [0.1, 0.15) is 16.4 Å². The number of oxime groups is 1. The second-order valence-electron chi connectivity index (χ2n) is 5.02. The van der Waals surface area contributed by atoms with Gasteiger partial charge in [0.25, 0.3) is 0 Å². The molecule has 0 aliphatic carbocycles. The molecule has 5 N–H and O–H groups in total. The molecule has 0 spiro atoms. The normalized spacial score (nSPS) is 13.2. The SMILES string of the molecule is CS(=O)(=O)c1c(/C(N)=N\O)nn(-c2c(Cl)cc(C(F)(F)F)cc2Cl)c1N. The van der Waals surface area contributed by atoms with E-state index >= 15 is 0 Å². The van der Waals surface area contributed by atoms with Gasteiger partial charge in [-0.05, 0) is 12.1 Å². The number of hydrogen-bond donors (Lipinski definition) is 3. The molecule has 0 aliphatic rings. The number of rotatable bonds is 3. The zero-order valence-corrected chi connectivity index (χ0v) is 15.0. The maximum Gasteiger partial charge on any atom is 0.416 e. The molecule has 0 atom stereocenters. The summed E-state index contributed by atoms with van der Waals surface area (Å²) in [5.41, 5.74) is 9.22. The summed E-state index contributed by atoms with van der Waals surface area (Å²) in [4.78, 5) is -0.597.